The maximum absolute atomic E-state index is 8.15. The Morgan fingerprint density at radius 2 is 1.10 bits per heavy atom. The predicted molar refractivity (Wildman–Crippen MR) is 563 cm³/mol. The Morgan fingerprint density at radius 3 is 1.61 bits per heavy atom. The van der Waals surface area contributed by atoms with Crippen LogP contribution in [-0.4, -0.2) is 47.1 Å². The van der Waals surface area contributed by atoms with Crippen molar-refractivity contribution in [3.8, 4) is 33.8 Å². The molecule has 0 saturated carbocycles. The van der Waals surface area contributed by atoms with Gasteiger partial charge in [0, 0.05) is 192 Å². The molecule has 2 aliphatic heterocycles. The summed E-state index contributed by atoms with van der Waals surface area (Å²) in [6, 6.07) is 95.1. The summed E-state index contributed by atoms with van der Waals surface area (Å²) < 4.78 is 223. The fourth-order valence-electron chi connectivity index (χ4n) is 12.3. The van der Waals surface area contributed by atoms with Crippen molar-refractivity contribution in [1.82, 2.24) is 29.9 Å². The van der Waals surface area contributed by atoms with Crippen LogP contribution >= 0.6 is 45.8 Å². The molecule has 8 nitrogen and oxygen atoms in total. The first-order valence-electron chi connectivity index (χ1n) is 55.2. The van der Waals surface area contributed by atoms with Gasteiger partial charge in [-0.15, -0.1) is 137 Å². The van der Waals surface area contributed by atoms with Gasteiger partial charge in [0.05, 0.1) is 9.60 Å². The van der Waals surface area contributed by atoms with E-state index in [0.717, 1.165) is 93.1 Å². The summed E-state index contributed by atoms with van der Waals surface area (Å²) in [7, 11) is 0. The molecule has 21 rings (SSSR count). The van der Waals surface area contributed by atoms with E-state index >= 15 is 0 Å². The van der Waals surface area contributed by atoms with Crippen LogP contribution in [0.2, 0.25) is 0 Å². The molecule has 135 heavy (non-hydrogen) atoms. The number of pyridine rings is 6. The second kappa shape index (κ2) is 57.7. The summed E-state index contributed by atoms with van der Waals surface area (Å²) in [5, 5.41) is 6.60. The molecule has 0 saturated heterocycles. The smallest absolute Gasteiger partial charge is 0.0618 e. The molecular weight excluding hydrogens is 2440 g/mol. The van der Waals surface area contributed by atoms with Crippen LogP contribution in [0.4, 0.5) is 0 Å². The van der Waals surface area contributed by atoms with Gasteiger partial charge >= 0.3 is 0 Å². The first-order chi connectivity index (χ1) is 75.9. The van der Waals surface area contributed by atoms with Gasteiger partial charge < -0.3 is 29.9 Å². The SMILES string of the molecule is [2H]C([2H])([2H])C(=C)C[CH-]C(=C)C1=NC=C(C([2H])([2H])[2H])CC1.[2H]C([2H])([2H])c1cccnc1.[2H]C=C(N=CC(=C[2H])C([2H])([2H])[2H])C1=[C-]C=C2c3ccccc3SC2C1.[2H]c1c(C([2H])([2H])[2H])cnc(-c2[c-]cc3c(c2)sc2ccccc23)c1[2H].[2H]c1c(C([2H])([2H])[2H])cnc(-c2[c-]cc3c(c2)sc2ccccc23)c1[2H].[2H]c1c(C([2H])([2H])[2H])cnc(C(=[CH-])/C=c2/sc3ccccc3c2=C)c1[2H].[Ir].[Ir].[Ir].[Ir].[c-]1ccccc1.[c-]1ccccc1.[c-]1ccccc1-c1ccccn1.c1ccncc1. The van der Waals surface area contributed by atoms with E-state index in [0.29, 0.717) is 52.9 Å². The maximum Gasteiger partial charge on any atom is 0.0618 e. The summed E-state index contributed by atoms with van der Waals surface area (Å²) in [5.74, 6) is 0. The Hall–Kier alpha value is -11.9. The van der Waals surface area contributed by atoms with Crippen molar-refractivity contribution in [2.45, 2.75) is 83.8 Å². The van der Waals surface area contributed by atoms with E-state index in [9.17, 15) is 0 Å². The average molecular weight is 2570 g/mol. The monoisotopic (exact) mass is 2570 g/mol. The number of thiophene rings is 3. The van der Waals surface area contributed by atoms with Crippen molar-refractivity contribution in [2.24, 2.45) is 9.98 Å². The number of aromatic nitrogens is 6. The van der Waals surface area contributed by atoms with Gasteiger partial charge in [-0.3, -0.25) is 9.97 Å². The van der Waals surface area contributed by atoms with Crippen LogP contribution in [0.3, 0.4) is 0 Å². The minimum Gasteiger partial charge on any atom is -0.325 e. The molecule has 1 atom stereocenters. The molecule has 1 unspecified atom stereocenters. The fraction of sp³-hybridized carbons (Fsp3) is 0.101. The summed E-state index contributed by atoms with van der Waals surface area (Å²) in [6.07, 6.45) is 24.4. The Bertz CT molecular complexity index is 8110. The summed E-state index contributed by atoms with van der Waals surface area (Å²) >= 11 is 6.59. The molecule has 0 fully saturated rings. The second-order valence-corrected chi connectivity index (χ2v) is 32.6. The molecule has 0 bridgehead atoms. The van der Waals surface area contributed by atoms with Crippen molar-refractivity contribution < 1.29 is 120 Å². The Labute approximate surface area is 908 Å². The number of fused-ring (bicyclic) bond motifs is 10. The quantitative estimate of drug-likeness (QED) is 0.0682. The fourth-order valence-corrected chi connectivity index (χ4v) is 17.0. The van der Waals surface area contributed by atoms with E-state index < -0.39 is 48.0 Å². The molecule has 9 aromatic heterocycles. The Balaban J connectivity index is 0.000000227. The largest absolute Gasteiger partial charge is 0.325 e. The van der Waals surface area contributed by atoms with E-state index in [1.165, 1.54) is 61.6 Å². The third kappa shape index (κ3) is 34.1. The molecular formula is C119H102Ir4N8S4-8. The third-order valence-electron chi connectivity index (χ3n) is 18.7. The number of aryl methyl sites for hydroxylation is 4. The zero-order chi connectivity index (χ0) is 116. The van der Waals surface area contributed by atoms with Gasteiger partial charge in [-0.05, 0) is 206 Å². The van der Waals surface area contributed by atoms with Gasteiger partial charge in [-0.1, -0.05) is 192 Å². The van der Waals surface area contributed by atoms with Gasteiger partial charge in [0.1, 0.15) is 0 Å². The van der Waals surface area contributed by atoms with Crippen molar-refractivity contribution >= 4 is 132 Å². The molecule has 1 aliphatic carbocycles. The predicted octanol–water partition coefficient (Wildman–Crippen LogP) is 30.4. The van der Waals surface area contributed by atoms with Crippen LogP contribution in [0, 0.1) is 76.8 Å². The number of aliphatic imine (C=N–C) groups is 2. The van der Waals surface area contributed by atoms with Crippen LogP contribution in [0.25, 0.3) is 108 Å². The number of hydrogen-bond donors (Lipinski definition) is 0. The summed E-state index contributed by atoms with van der Waals surface area (Å²) in [6.45, 7) is 3.34. The topological polar surface area (TPSA) is 102 Å². The second-order valence-electron chi connectivity index (χ2n) is 28.1. The van der Waals surface area contributed by atoms with E-state index in [2.05, 4.69) is 132 Å². The maximum atomic E-state index is 8.15. The van der Waals surface area contributed by atoms with Gasteiger partial charge in [0.2, 0.25) is 0 Å². The van der Waals surface area contributed by atoms with Crippen LogP contribution < -0.4 is 9.75 Å². The molecule has 0 N–H and O–H groups in total. The van der Waals surface area contributed by atoms with Crippen molar-refractivity contribution in [3.63, 3.8) is 0 Å². The molecule has 11 heterocycles. The minimum absolute atomic E-state index is 0. The molecule has 0 spiro atoms. The van der Waals surface area contributed by atoms with E-state index in [-0.39, 0.29) is 184 Å². The first kappa shape index (κ1) is 72.5. The van der Waals surface area contributed by atoms with Crippen LogP contribution in [-0.2, 0) is 80.4 Å². The molecule has 4 radical (unpaired) electrons. The minimum atomic E-state index is -2.48. The van der Waals surface area contributed by atoms with Crippen LogP contribution in [0.15, 0.2) is 428 Å². The number of hydrogen-bond acceptors (Lipinski definition) is 12. The molecule has 16 heteroatoms. The van der Waals surface area contributed by atoms with E-state index in [1.807, 2.05) is 212 Å². The van der Waals surface area contributed by atoms with Gasteiger partial charge in [-0.2, -0.15) is 132 Å². The third-order valence-corrected chi connectivity index (χ3v) is 23.4. The molecule has 18 aromatic rings. The van der Waals surface area contributed by atoms with E-state index in [4.69, 9.17) is 46.3 Å². The van der Waals surface area contributed by atoms with Crippen molar-refractivity contribution in [2.75, 3.05) is 0 Å². The summed E-state index contributed by atoms with van der Waals surface area (Å²) in [5.41, 5.74) is 8.89. The number of allylic oxidation sites excluding steroid dienone is 8. The zero-order valence-corrected chi connectivity index (χ0v) is 84.9. The van der Waals surface area contributed by atoms with Gasteiger partial charge in [0.15, 0.2) is 0 Å². The van der Waals surface area contributed by atoms with Gasteiger partial charge in [-0.25, -0.2) is 6.58 Å². The summed E-state index contributed by atoms with van der Waals surface area (Å²) in [4.78, 5) is 33.5. The van der Waals surface area contributed by atoms with Crippen LogP contribution in [0.1, 0.15) is 120 Å². The Morgan fingerprint density at radius 1 is 0.526 bits per heavy atom. The molecule has 9 aromatic carbocycles. The number of rotatable bonds is 12. The zero-order valence-electron chi connectivity index (χ0n) is 101. The average Bonchev–Trinajstić information content (AvgIpc) is 1.59. The normalized spacial score (nSPS) is 16.2. The van der Waals surface area contributed by atoms with Gasteiger partial charge in [0.25, 0.3) is 0 Å². The number of nitrogens with zero attached hydrogens (tertiary/aromatic N) is 8. The first-order valence-corrected chi connectivity index (χ1v) is 43.9. The number of thioether (sulfide) groups is 1. The van der Waals surface area contributed by atoms with Crippen LogP contribution in [0.5, 0.6) is 0 Å². The standard InChI is InChI=1S/2C18H12NS.C18H14NS.C18H16NS.C13H18N.C11H8N.C6H7N.2C6H5.C5H5N.4Ir/c2*1-12-6-9-16(19-11-12)13-7-8-15-14-4-2-3-5-17(14)20-18(15)10-13;1-12-8-9-16(19-11-12)13(2)10-18-14(3)15-6-4-5-7-17(15)20-18;1-12(2)11-19-13(3)14-8-9-16-15-6-4-5-7-17(15)20-18(16)10-14;1-10(2)5-7-12(4)13-8-6-11(3)9-14-13;1-2-6-10(7-3-1)11-8-4-5-9-12-11;1-6-3-2-4-7-5-6;3*1-2-4-6-5-3-1;;;;/h2*2-6,8-11H,1H3;2,4-11H,3H2,1H3;4-7,9,11,18H,1,3,10H2,2H3;7,9H,1,4-6,8H2,2-3H3;1-6,8-9H;2-5H,1H3;3*1-5H;;;;/q6*-1;;2*-1;;;;;/b;;18-10+;;;;;;;;;;;/i2*1D3,6D,9D;1D3,8D,9D;1D,2D3,3D;2D3,3D3;;1D3;;;;;;;. The number of benzene rings is 9. The molecule has 3 aliphatic rings. The molecule has 686 valence electrons. The van der Waals surface area contributed by atoms with Crippen molar-refractivity contribution in [3.05, 3.63) is 505 Å². The van der Waals surface area contributed by atoms with E-state index in [1.54, 1.807) is 83.9 Å². The molecule has 0 amide bonds. The van der Waals surface area contributed by atoms with Crippen molar-refractivity contribution in [1.29, 1.82) is 0 Å². The Kier molecular flexibility index (Phi) is 31.0.